The summed E-state index contributed by atoms with van der Waals surface area (Å²) in [6.07, 6.45) is 0. The van der Waals surface area contributed by atoms with Crippen LogP contribution in [0.4, 0.5) is 5.69 Å². The van der Waals surface area contributed by atoms with Gasteiger partial charge in [-0.25, -0.2) is 4.99 Å². The van der Waals surface area contributed by atoms with E-state index in [1.807, 2.05) is 12.1 Å². The number of benzene rings is 2. The van der Waals surface area contributed by atoms with Gasteiger partial charge in [-0.1, -0.05) is 12.1 Å². The molecule has 0 bridgehead atoms. The highest BCUT2D eigenvalue weighted by molar-refractivity contribution is 14.0. The number of rotatable bonds is 5. The molecule has 0 aliphatic rings. The zero-order valence-electron chi connectivity index (χ0n) is 13.4. The summed E-state index contributed by atoms with van der Waals surface area (Å²) in [4.78, 5) is 4.28. The van der Waals surface area contributed by atoms with Crippen LogP contribution in [0.3, 0.4) is 0 Å². The Morgan fingerprint density at radius 2 is 1.88 bits per heavy atom. The van der Waals surface area contributed by atoms with Crippen molar-refractivity contribution in [3.63, 3.8) is 0 Å². The molecule has 2 aromatic carbocycles. The van der Waals surface area contributed by atoms with E-state index in [2.05, 4.69) is 16.4 Å². The van der Waals surface area contributed by atoms with Gasteiger partial charge in [-0.15, -0.1) is 24.0 Å². The van der Waals surface area contributed by atoms with Gasteiger partial charge in [-0.05, 0) is 29.8 Å². The Bertz CT molecular complexity index is 739. The van der Waals surface area contributed by atoms with Gasteiger partial charge in [-0.3, -0.25) is 0 Å². The Hall–Kier alpha value is -2.47. The second-order valence-corrected chi connectivity index (χ2v) is 4.70. The van der Waals surface area contributed by atoms with Crippen molar-refractivity contribution in [3.8, 4) is 17.6 Å². The van der Waals surface area contributed by atoms with Crippen molar-refractivity contribution in [1.82, 2.24) is 0 Å². The summed E-state index contributed by atoms with van der Waals surface area (Å²) in [6, 6.07) is 14.6. The van der Waals surface area contributed by atoms with Crippen LogP contribution in [-0.2, 0) is 6.54 Å². The van der Waals surface area contributed by atoms with Crippen molar-refractivity contribution in [2.75, 3.05) is 19.5 Å². The number of nitriles is 1. The molecule has 0 saturated heterocycles. The molecule has 0 radical (unpaired) electrons. The topological polar surface area (TPSA) is 92.7 Å². The van der Waals surface area contributed by atoms with Crippen molar-refractivity contribution in [3.05, 3.63) is 53.6 Å². The number of ether oxygens (including phenoxy) is 2. The van der Waals surface area contributed by atoms with Gasteiger partial charge in [0.05, 0.1) is 38.1 Å². The summed E-state index contributed by atoms with van der Waals surface area (Å²) in [7, 11) is 3.17. The number of aliphatic imine (C=N–C) groups is 1. The fourth-order valence-electron chi connectivity index (χ4n) is 1.95. The van der Waals surface area contributed by atoms with Crippen LogP contribution < -0.4 is 20.5 Å². The Morgan fingerprint density at radius 3 is 2.46 bits per heavy atom. The van der Waals surface area contributed by atoms with E-state index in [1.54, 1.807) is 44.6 Å². The lowest BCUT2D eigenvalue weighted by atomic mass is 10.1. The largest absolute Gasteiger partial charge is 0.497 e. The van der Waals surface area contributed by atoms with E-state index in [-0.39, 0.29) is 29.9 Å². The third-order valence-electron chi connectivity index (χ3n) is 3.18. The van der Waals surface area contributed by atoms with Crippen LogP contribution >= 0.6 is 24.0 Å². The maximum absolute atomic E-state index is 8.77. The van der Waals surface area contributed by atoms with E-state index in [0.717, 1.165) is 5.56 Å². The molecule has 0 aliphatic heterocycles. The van der Waals surface area contributed by atoms with Crippen molar-refractivity contribution in [2.45, 2.75) is 6.54 Å². The normalized spacial score (nSPS) is 10.3. The molecule has 0 unspecified atom stereocenters. The van der Waals surface area contributed by atoms with Crippen LogP contribution in [0.2, 0.25) is 0 Å². The van der Waals surface area contributed by atoms with E-state index in [0.29, 0.717) is 29.3 Å². The predicted octanol–water partition coefficient (Wildman–Crippen LogP) is 3.12. The molecule has 126 valence electrons. The Kier molecular flexibility index (Phi) is 7.85. The fourth-order valence-corrected chi connectivity index (χ4v) is 1.95. The number of nitrogens with zero attached hydrogens (tertiary/aromatic N) is 2. The third kappa shape index (κ3) is 5.31. The molecule has 0 aromatic heterocycles. The standard InChI is InChI=1S/C17H18N4O2.HI/c1-22-14-7-8-16(23-2)15(9-14)21-17(19)20-11-13-5-3-12(10-18)4-6-13;/h3-9H,11H2,1-2H3,(H3,19,20,21);1H. The number of halogens is 1. The molecule has 0 aliphatic carbocycles. The summed E-state index contributed by atoms with van der Waals surface area (Å²) in [6.45, 7) is 0.414. The van der Waals surface area contributed by atoms with Crippen molar-refractivity contribution >= 4 is 35.6 Å². The van der Waals surface area contributed by atoms with Gasteiger partial charge in [0.15, 0.2) is 5.96 Å². The predicted molar refractivity (Wildman–Crippen MR) is 105 cm³/mol. The molecule has 0 fully saturated rings. The maximum Gasteiger partial charge on any atom is 0.193 e. The molecule has 0 atom stereocenters. The van der Waals surface area contributed by atoms with Crippen LogP contribution in [0.5, 0.6) is 11.5 Å². The monoisotopic (exact) mass is 438 g/mol. The zero-order chi connectivity index (χ0) is 16.7. The average Bonchev–Trinajstić information content (AvgIpc) is 2.60. The first-order valence-electron chi connectivity index (χ1n) is 6.94. The number of nitrogens with two attached hydrogens (primary N) is 1. The average molecular weight is 438 g/mol. The second kappa shape index (κ2) is 9.62. The number of nitrogens with one attached hydrogen (secondary N) is 1. The minimum Gasteiger partial charge on any atom is -0.497 e. The first-order valence-corrected chi connectivity index (χ1v) is 6.94. The van der Waals surface area contributed by atoms with Crippen LogP contribution in [0.1, 0.15) is 11.1 Å². The van der Waals surface area contributed by atoms with Gasteiger partial charge in [0.25, 0.3) is 0 Å². The van der Waals surface area contributed by atoms with Crippen LogP contribution in [-0.4, -0.2) is 20.2 Å². The summed E-state index contributed by atoms with van der Waals surface area (Å²) in [5, 5.41) is 11.8. The zero-order valence-corrected chi connectivity index (χ0v) is 15.8. The van der Waals surface area contributed by atoms with Gasteiger partial charge in [0.1, 0.15) is 11.5 Å². The molecule has 6 nitrogen and oxygen atoms in total. The second-order valence-electron chi connectivity index (χ2n) is 4.70. The highest BCUT2D eigenvalue weighted by Crippen LogP contribution is 2.28. The van der Waals surface area contributed by atoms with Crippen LogP contribution in [0.15, 0.2) is 47.5 Å². The van der Waals surface area contributed by atoms with Gasteiger partial charge in [0.2, 0.25) is 0 Å². The highest BCUT2D eigenvalue weighted by atomic mass is 127. The van der Waals surface area contributed by atoms with Crippen molar-refractivity contribution in [2.24, 2.45) is 10.7 Å². The number of guanidine groups is 1. The lowest BCUT2D eigenvalue weighted by molar-refractivity contribution is 0.405. The Morgan fingerprint density at radius 1 is 1.17 bits per heavy atom. The minimum atomic E-state index is 0. The van der Waals surface area contributed by atoms with E-state index >= 15 is 0 Å². The summed E-state index contributed by atoms with van der Waals surface area (Å²) < 4.78 is 10.5. The molecule has 24 heavy (non-hydrogen) atoms. The summed E-state index contributed by atoms with van der Waals surface area (Å²) >= 11 is 0. The van der Waals surface area contributed by atoms with Crippen molar-refractivity contribution in [1.29, 1.82) is 5.26 Å². The van der Waals surface area contributed by atoms with Crippen molar-refractivity contribution < 1.29 is 9.47 Å². The molecule has 0 saturated carbocycles. The van der Waals surface area contributed by atoms with E-state index in [9.17, 15) is 0 Å². The Balaban J connectivity index is 0.00000288. The van der Waals surface area contributed by atoms with Gasteiger partial charge in [-0.2, -0.15) is 5.26 Å². The maximum atomic E-state index is 8.77. The van der Waals surface area contributed by atoms with Gasteiger partial charge < -0.3 is 20.5 Å². The number of methoxy groups -OCH3 is 2. The van der Waals surface area contributed by atoms with Crippen LogP contribution in [0.25, 0.3) is 0 Å². The quantitative estimate of drug-likeness (QED) is 0.425. The first-order chi connectivity index (χ1) is 11.2. The number of hydrogen-bond acceptors (Lipinski definition) is 4. The molecule has 0 heterocycles. The number of hydrogen-bond donors (Lipinski definition) is 2. The molecule has 3 N–H and O–H groups in total. The van der Waals surface area contributed by atoms with E-state index in [4.69, 9.17) is 20.5 Å². The summed E-state index contributed by atoms with van der Waals surface area (Å²) in [5.41, 5.74) is 8.17. The molecule has 0 spiro atoms. The summed E-state index contributed by atoms with van der Waals surface area (Å²) in [5.74, 6) is 1.59. The molecular weight excluding hydrogens is 419 g/mol. The fraction of sp³-hybridized carbons (Fsp3) is 0.176. The molecular formula is C17H19IN4O2. The SMILES string of the molecule is COc1ccc(OC)c(NC(N)=NCc2ccc(C#N)cc2)c1.I. The molecule has 2 rings (SSSR count). The lowest BCUT2D eigenvalue weighted by Gasteiger charge is -2.12. The minimum absolute atomic E-state index is 0. The van der Waals surface area contributed by atoms with Gasteiger partial charge in [0, 0.05) is 6.07 Å². The first kappa shape index (κ1) is 19.6. The Labute approximate surface area is 158 Å². The van der Waals surface area contributed by atoms with Gasteiger partial charge >= 0.3 is 0 Å². The molecule has 7 heteroatoms. The highest BCUT2D eigenvalue weighted by Gasteiger charge is 2.06. The smallest absolute Gasteiger partial charge is 0.193 e. The third-order valence-corrected chi connectivity index (χ3v) is 3.18. The molecule has 0 amide bonds. The van der Waals surface area contributed by atoms with Crippen LogP contribution in [0, 0.1) is 11.3 Å². The number of anilines is 1. The lowest BCUT2D eigenvalue weighted by Crippen LogP contribution is -2.23. The molecule has 2 aromatic rings. The van der Waals surface area contributed by atoms with E-state index in [1.165, 1.54) is 0 Å². The van der Waals surface area contributed by atoms with E-state index < -0.39 is 0 Å².